The lowest BCUT2D eigenvalue weighted by atomic mass is 10.0. The fraction of sp³-hybridized carbons (Fsp3) is 0.273. The van der Waals surface area contributed by atoms with Crippen LogP contribution in [0.3, 0.4) is 0 Å². The van der Waals surface area contributed by atoms with Gasteiger partial charge in [-0.15, -0.1) is 0 Å². The van der Waals surface area contributed by atoms with Crippen molar-refractivity contribution in [2.75, 3.05) is 0 Å². The van der Waals surface area contributed by atoms with Crippen LogP contribution in [0.4, 0.5) is 0 Å². The van der Waals surface area contributed by atoms with Gasteiger partial charge in [0.1, 0.15) is 11.0 Å². The summed E-state index contributed by atoms with van der Waals surface area (Å²) in [7, 11) is 0. The van der Waals surface area contributed by atoms with Gasteiger partial charge in [-0.3, -0.25) is 0 Å². The molecule has 0 atom stereocenters. The number of nitrogens with one attached hydrogen (secondary N) is 1. The van der Waals surface area contributed by atoms with Crippen LogP contribution < -0.4 is 0 Å². The summed E-state index contributed by atoms with van der Waals surface area (Å²) >= 11 is 5.24. The molecule has 0 unspecified atom stereocenters. The first-order valence-corrected chi connectivity index (χ1v) is 5.44. The highest BCUT2D eigenvalue weighted by atomic mass is 32.1. The number of aromatic nitrogens is 4. The molecule has 0 aliphatic rings. The highest BCUT2D eigenvalue weighted by molar-refractivity contribution is 7.71. The summed E-state index contributed by atoms with van der Waals surface area (Å²) in [6.45, 7) is 4.18. The Morgan fingerprint density at radius 3 is 2.56 bits per heavy atom. The van der Waals surface area contributed by atoms with Gasteiger partial charge in [0.15, 0.2) is 0 Å². The Hall–Kier alpha value is -1.62. The minimum Gasteiger partial charge on any atom is -0.345 e. The second-order valence-corrected chi connectivity index (χ2v) is 4.16. The predicted octanol–water partition coefficient (Wildman–Crippen LogP) is 2.72. The van der Waals surface area contributed by atoms with E-state index in [-0.39, 0.29) is 0 Å². The molecule has 0 aliphatic carbocycles. The van der Waals surface area contributed by atoms with Crippen molar-refractivity contribution in [2.45, 2.75) is 19.8 Å². The predicted molar refractivity (Wildman–Crippen MR) is 64.5 cm³/mol. The first kappa shape index (κ1) is 10.9. The molecule has 82 valence electrons. The van der Waals surface area contributed by atoms with Gasteiger partial charge in [-0.2, -0.15) is 0 Å². The molecule has 0 aromatic carbocycles. The van der Waals surface area contributed by atoms with E-state index in [4.69, 9.17) is 12.2 Å². The molecule has 0 radical (unpaired) electrons. The average molecular weight is 232 g/mol. The lowest BCUT2D eigenvalue weighted by molar-refractivity contribution is 0.843. The molecule has 0 amide bonds. The maximum atomic E-state index is 5.24. The minimum absolute atomic E-state index is 0.313. The van der Waals surface area contributed by atoms with E-state index in [1.165, 1.54) is 6.33 Å². The molecule has 0 saturated heterocycles. The normalized spacial score (nSPS) is 10.7. The van der Waals surface area contributed by atoms with Crippen LogP contribution in [0.15, 0.2) is 25.0 Å². The summed E-state index contributed by atoms with van der Waals surface area (Å²) in [5.74, 6) is 0.313. The van der Waals surface area contributed by atoms with E-state index in [1.54, 1.807) is 18.7 Å². The second-order valence-electron chi connectivity index (χ2n) is 3.78. The topological polar surface area (TPSA) is 54.5 Å². The van der Waals surface area contributed by atoms with Crippen molar-refractivity contribution in [1.29, 1.82) is 0 Å². The molecule has 5 heteroatoms. The Morgan fingerprint density at radius 1 is 1.25 bits per heavy atom. The number of aromatic amines is 1. The largest absolute Gasteiger partial charge is 0.345 e. The van der Waals surface area contributed by atoms with Crippen molar-refractivity contribution in [3.05, 3.63) is 35.3 Å². The third kappa shape index (κ3) is 1.99. The van der Waals surface area contributed by atoms with E-state index in [1.807, 2.05) is 0 Å². The maximum Gasteiger partial charge on any atom is 0.133 e. The molecule has 0 fully saturated rings. The number of nitrogens with zero attached hydrogens (tertiary/aromatic N) is 3. The van der Waals surface area contributed by atoms with Crippen LogP contribution in [0, 0.1) is 4.64 Å². The van der Waals surface area contributed by atoms with E-state index in [0.29, 0.717) is 10.6 Å². The highest BCUT2D eigenvalue weighted by Crippen LogP contribution is 2.26. The maximum absolute atomic E-state index is 5.24. The van der Waals surface area contributed by atoms with Crippen molar-refractivity contribution in [1.82, 2.24) is 19.9 Å². The lowest BCUT2D eigenvalue weighted by Gasteiger charge is -2.11. The van der Waals surface area contributed by atoms with Crippen LogP contribution >= 0.6 is 12.2 Å². The lowest BCUT2D eigenvalue weighted by Crippen LogP contribution is -1.99. The smallest absolute Gasteiger partial charge is 0.133 e. The van der Waals surface area contributed by atoms with E-state index in [9.17, 15) is 0 Å². The van der Waals surface area contributed by atoms with Gasteiger partial charge in [0.2, 0.25) is 0 Å². The van der Waals surface area contributed by atoms with E-state index >= 15 is 0 Å². The van der Waals surface area contributed by atoms with Crippen molar-refractivity contribution >= 4 is 12.2 Å². The van der Waals surface area contributed by atoms with E-state index < -0.39 is 0 Å². The second kappa shape index (κ2) is 4.49. The molecule has 2 aromatic heterocycles. The first-order valence-electron chi connectivity index (χ1n) is 5.03. The van der Waals surface area contributed by atoms with Gasteiger partial charge in [0.05, 0.1) is 12.0 Å². The third-order valence-electron chi connectivity index (χ3n) is 2.32. The van der Waals surface area contributed by atoms with Crippen LogP contribution in [0.25, 0.3) is 11.3 Å². The van der Waals surface area contributed by atoms with Crippen LogP contribution in [-0.4, -0.2) is 19.9 Å². The van der Waals surface area contributed by atoms with Gasteiger partial charge in [0.25, 0.3) is 0 Å². The van der Waals surface area contributed by atoms with Crippen LogP contribution in [0.1, 0.15) is 25.3 Å². The zero-order chi connectivity index (χ0) is 11.5. The minimum atomic E-state index is 0.313. The summed E-state index contributed by atoms with van der Waals surface area (Å²) in [5.41, 5.74) is 2.92. The number of hydrogen-bond donors (Lipinski definition) is 1. The van der Waals surface area contributed by atoms with Crippen LogP contribution in [0.5, 0.6) is 0 Å². The van der Waals surface area contributed by atoms with E-state index in [0.717, 1.165) is 16.8 Å². The summed E-state index contributed by atoms with van der Waals surface area (Å²) in [4.78, 5) is 15.2. The Bertz CT molecular complexity index is 533. The van der Waals surface area contributed by atoms with E-state index in [2.05, 4.69) is 33.8 Å². The van der Waals surface area contributed by atoms with Crippen LogP contribution in [0.2, 0.25) is 0 Å². The molecule has 0 saturated carbocycles. The molecule has 0 bridgehead atoms. The van der Waals surface area contributed by atoms with Gasteiger partial charge in [-0.1, -0.05) is 26.1 Å². The first-order chi connectivity index (χ1) is 7.70. The molecule has 16 heavy (non-hydrogen) atoms. The van der Waals surface area contributed by atoms with Crippen LogP contribution in [-0.2, 0) is 0 Å². The number of rotatable bonds is 2. The van der Waals surface area contributed by atoms with Gasteiger partial charge in [-0.05, 0) is 5.92 Å². The summed E-state index contributed by atoms with van der Waals surface area (Å²) < 4.78 is 0.632. The zero-order valence-electron chi connectivity index (χ0n) is 9.14. The molecule has 2 rings (SSSR count). The fourth-order valence-corrected chi connectivity index (χ4v) is 2.00. The molecule has 2 heterocycles. The third-order valence-corrected chi connectivity index (χ3v) is 2.64. The molecule has 4 nitrogen and oxygen atoms in total. The molecule has 2 aromatic rings. The monoisotopic (exact) mass is 232 g/mol. The van der Waals surface area contributed by atoms with Gasteiger partial charge in [0, 0.05) is 23.5 Å². The molecule has 0 spiro atoms. The summed E-state index contributed by atoms with van der Waals surface area (Å²) in [5, 5.41) is 0. The Labute approximate surface area is 98.8 Å². The molecule has 1 N–H and O–H groups in total. The fourth-order valence-electron chi connectivity index (χ4n) is 1.61. The Kier molecular flexibility index (Phi) is 3.05. The van der Waals surface area contributed by atoms with Gasteiger partial charge < -0.3 is 4.98 Å². The quantitative estimate of drug-likeness (QED) is 0.809. The Morgan fingerprint density at radius 2 is 1.94 bits per heavy atom. The summed E-state index contributed by atoms with van der Waals surface area (Å²) in [6, 6.07) is 0. The SMILES string of the molecule is CC(C)c1c(-c2cncnc2)[nH]cnc1=S. The van der Waals surface area contributed by atoms with Crippen molar-refractivity contribution in [3.8, 4) is 11.3 Å². The number of hydrogen-bond acceptors (Lipinski definition) is 4. The van der Waals surface area contributed by atoms with Crippen molar-refractivity contribution in [3.63, 3.8) is 0 Å². The zero-order valence-corrected chi connectivity index (χ0v) is 9.95. The average Bonchev–Trinajstić information content (AvgIpc) is 2.29. The standard InChI is InChI=1S/C11H12N4S/c1-7(2)9-10(14-6-15-11(9)16)8-3-12-5-13-4-8/h3-7H,1-2H3,(H,14,15,16). The van der Waals surface area contributed by atoms with Gasteiger partial charge in [-0.25, -0.2) is 15.0 Å². The number of H-pyrrole nitrogens is 1. The molecular formula is C11H12N4S. The van der Waals surface area contributed by atoms with Crippen molar-refractivity contribution in [2.24, 2.45) is 0 Å². The highest BCUT2D eigenvalue weighted by Gasteiger charge is 2.11. The summed E-state index contributed by atoms with van der Waals surface area (Å²) in [6.07, 6.45) is 6.64. The molecule has 0 aliphatic heterocycles. The van der Waals surface area contributed by atoms with Gasteiger partial charge >= 0.3 is 0 Å². The van der Waals surface area contributed by atoms with Crippen molar-refractivity contribution < 1.29 is 0 Å². The molecular weight excluding hydrogens is 220 g/mol. The Balaban J connectivity index is 2.66.